The minimum atomic E-state index is -1.09. The molecule has 0 amide bonds. The quantitative estimate of drug-likeness (QED) is 0.915. The van der Waals surface area contributed by atoms with E-state index in [1.807, 2.05) is 19.1 Å². The molecule has 2 rings (SSSR count). The molecule has 0 bridgehead atoms. The van der Waals surface area contributed by atoms with Gasteiger partial charge in [0.25, 0.3) is 0 Å². The van der Waals surface area contributed by atoms with Crippen LogP contribution in [0.15, 0.2) is 34.7 Å². The van der Waals surface area contributed by atoms with Crippen LogP contribution in [0, 0.1) is 18.6 Å². The van der Waals surface area contributed by atoms with Gasteiger partial charge >= 0.3 is 0 Å². The highest BCUT2D eigenvalue weighted by Crippen LogP contribution is 2.20. The van der Waals surface area contributed by atoms with Crippen molar-refractivity contribution in [2.24, 2.45) is 0 Å². The molecule has 0 radical (unpaired) electrons. The fourth-order valence-corrected chi connectivity index (χ4v) is 2.06. The van der Waals surface area contributed by atoms with Gasteiger partial charge in [0.2, 0.25) is 0 Å². The number of halogens is 2. The second kappa shape index (κ2) is 6.15. The van der Waals surface area contributed by atoms with Gasteiger partial charge in [0, 0.05) is 12.1 Å². The van der Waals surface area contributed by atoms with Gasteiger partial charge in [-0.1, -0.05) is 0 Å². The number of nitrogens with zero attached hydrogens (tertiary/aromatic N) is 1. The largest absolute Gasteiger partial charge is 0.465 e. The van der Waals surface area contributed by atoms with E-state index in [0.717, 1.165) is 29.7 Å². The first-order valence-electron chi connectivity index (χ1n) is 6.32. The second-order valence-electron chi connectivity index (χ2n) is 4.89. The summed E-state index contributed by atoms with van der Waals surface area (Å²) in [5, 5.41) is 10.0. The van der Waals surface area contributed by atoms with Crippen molar-refractivity contribution in [2.45, 2.75) is 19.6 Å². The maximum atomic E-state index is 13.5. The molecule has 0 saturated carbocycles. The molecular formula is C15H17F2NO2. The molecule has 0 spiro atoms. The van der Waals surface area contributed by atoms with Crippen LogP contribution >= 0.6 is 0 Å². The number of aliphatic hydroxyl groups is 1. The van der Waals surface area contributed by atoms with Crippen molar-refractivity contribution in [1.82, 2.24) is 4.90 Å². The SMILES string of the molecule is Cc1ccc(CN(C)CC(O)c2cc(F)ccc2F)o1. The Morgan fingerprint density at radius 3 is 2.65 bits per heavy atom. The molecule has 0 aliphatic rings. The van der Waals surface area contributed by atoms with E-state index in [2.05, 4.69) is 0 Å². The highest BCUT2D eigenvalue weighted by Gasteiger charge is 2.16. The monoisotopic (exact) mass is 281 g/mol. The van der Waals surface area contributed by atoms with Crippen molar-refractivity contribution >= 4 is 0 Å². The number of hydrogen-bond donors (Lipinski definition) is 1. The minimum absolute atomic E-state index is 0.0347. The Bertz CT molecular complexity index is 583. The van der Waals surface area contributed by atoms with Gasteiger partial charge < -0.3 is 9.52 Å². The Labute approximate surface area is 116 Å². The third-order valence-electron chi connectivity index (χ3n) is 3.02. The Morgan fingerprint density at radius 1 is 1.25 bits per heavy atom. The summed E-state index contributed by atoms with van der Waals surface area (Å²) in [6.07, 6.45) is -1.09. The molecule has 0 saturated heterocycles. The molecule has 3 nitrogen and oxygen atoms in total. The molecular weight excluding hydrogens is 264 g/mol. The van der Waals surface area contributed by atoms with Gasteiger partial charge in [-0.3, -0.25) is 4.90 Å². The molecule has 1 unspecified atom stereocenters. The zero-order chi connectivity index (χ0) is 14.7. The highest BCUT2D eigenvalue weighted by molar-refractivity contribution is 5.21. The summed E-state index contributed by atoms with van der Waals surface area (Å²) in [5.74, 6) is 0.396. The van der Waals surface area contributed by atoms with E-state index in [9.17, 15) is 13.9 Å². The van der Waals surface area contributed by atoms with Crippen LogP contribution in [0.3, 0.4) is 0 Å². The molecule has 108 valence electrons. The Morgan fingerprint density at radius 2 is 2.00 bits per heavy atom. The number of aliphatic hydroxyl groups excluding tert-OH is 1. The third kappa shape index (κ3) is 3.65. The number of hydrogen-bond acceptors (Lipinski definition) is 3. The summed E-state index contributed by atoms with van der Waals surface area (Å²) in [4.78, 5) is 1.79. The van der Waals surface area contributed by atoms with Crippen LogP contribution in [0.2, 0.25) is 0 Å². The molecule has 1 aromatic carbocycles. The Hall–Kier alpha value is -1.72. The van der Waals surface area contributed by atoms with E-state index in [1.165, 1.54) is 0 Å². The fraction of sp³-hybridized carbons (Fsp3) is 0.333. The van der Waals surface area contributed by atoms with Gasteiger partial charge in [0.15, 0.2) is 0 Å². The summed E-state index contributed by atoms with van der Waals surface area (Å²) in [5.41, 5.74) is -0.0347. The molecule has 1 N–H and O–H groups in total. The molecule has 0 aliphatic carbocycles. The van der Waals surface area contributed by atoms with Gasteiger partial charge in [-0.15, -0.1) is 0 Å². The summed E-state index contributed by atoms with van der Waals surface area (Å²) in [7, 11) is 1.78. The molecule has 20 heavy (non-hydrogen) atoms. The zero-order valence-electron chi connectivity index (χ0n) is 11.4. The van der Waals surface area contributed by atoms with Crippen LogP contribution in [0.25, 0.3) is 0 Å². The van der Waals surface area contributed by atoms with Crippen LogP contribution in [0.1, 0.15) is 23.2 Å². The Balaban J connectivity index is 1.99. The fourth-order valence-electron chi connectivity index (χ4n) is 2.06. The van der Waals surface area contributed by atoms with Crippen molar-refractivity contribution in [3.8, 4) is 0 Å². The van der Waals surface area contributed by atoms with Crippen LogP contribution in [0.5, 0.6) is 0 Å². The van der Waals surface area contributed by atoms with E-state index >= 15 is 0 Å². The van der Waals surface area contributed by atoms with Gasteiger partial charge in [-0.05, 0) is 44.3 Å². The second-order valence-corrected chi connectivity index (χ2v) is 4.89. The lowest BCUT2D eigenvalue weighted by molar-refractivity contribution is 0.116. The maximum Gasteiger partial charge on any atom is 0.129 e. The summed E-state index contributed by atoms with van der Waals surface area (Å²) in [6.45, 7) is 2.52. The van der Waals surface area contributed by atoms with Crippen LogP contribution < -0.4 is 0 Å². The van der Waals surface area contributed by atoms with Crippen LogP contribution in [-0.4, -0.2) is 23.6 Å². The predicted molar refractivity (Wildman–Crippen MR) is 71.1 cm³/mol. The number of benzene rings is 1. The van der Waals surface area contributed by atoms with Crippen molar-refractivity contribution in [3.05, 3.63) is 59.1 Å². The first kappa shape index (κ1) is 14.7. The molecule has 1 aromatic heterocycles. The van der Waals surface area contributed by atoms with Gasteiger partial charge in [0.05, 0.1) is 12.6 Å². The number of rotatable bonds is 5. The average Bonchev–Trinajstić information content (AvgIpc) is 2.77. The lowest BCUT2D eigenvalue weighted by Crippen LogP contribution is -2.24. The Kier molecular flexibility index (Phi) is 4.52. The van der Waals surface area contributed by atoms with Crippen molar-refractivity contribution in [2.75, 3.05) is 13.6 Å². The average molecular weight is 281 g/mol. The number of likely N-dealkylation sites (N-methyl/N-ethyl adjacent to an activating group) is 1. The maximum absolute atomic E-state index is 13.5. The normalized spacial score (nSPS) is 12.9. The van der Waals surface area contributed by atoms with Gasteiger partial charge in [0.1, 0.15) is 23.2 Å². The minimum Gasteiger partial charge on any atom is -0.465 e. The van der Waals surface area contributed by atoms with Crippen molar-refractivity contribution in [3.63, 3.8) is 0 Å². The molecule has 2 aromatic rings. The van der Waals surface area contributed by atoms with E-state index in [4.69, 9.17) is 4.42 Å². The van der Waals surface area contributed by atoms with Gasteiger partial charge in [-0.2, -0.15) is 0 Å². The number of furan rings is 1. The standard InChI is InChI=1S/C15H17F2NO2/c1-10-3-5-12(20-10)8-18(2)9-15(19)13-7-11(16)4-6-14(13)17/h3-7,15,19H,8-9H2,1-2H3. The number of aryl methyl sites for hydroxylation is 1. The lowest BCUT2D eigenvalue weighted by Gasteiger charge is -2.20. The molecule has 5 heteroatoms. The van der Waals surface area contributed by atoms with Crippen molar-refractivity contribution < 1.29 is 18.3 Å². The van der Waals surface area contributed by atoms with E-state index in [-0.39, 0.29) is 12.1 Å². The topological polar surface area (TPSA) is 36.6 Å². The first-order valence-corrected chi connectivity index (χ1v) is 6.32. The molecule has 0 aliphatic heterocycles. The summed E-state index contributed by atoms with van der Waals surface area (Å²) in [6, 6.07) is 6.77. The summed E-state index contributed by atoms with van der Waals surface area (Å²) < 4.78 is 32.1. The molecule has 0 fully saturated rings. The zero-order valence-corrected chi connectivity index (χ0v) is 11.4. The van der Waals surface area contributed by atoms with Gasteiger partial charge in [-0.25, -0.2) is 8.78 Å². The van der Waals surface area contributed by atoms with E-state index < -0.39 is 17.7 Å². The molecule has 1 heterocycles. The smallest absolute Gasteiger partial charge is 0.129 e. The lowest BCUT2D eigenvalue weighted by atomic mass is 10.1. The summed E-state index contributed by atoms with van der Waals surface area (Å²) >= 11 is 0. The van der Waals surface area contributed by atoms with Crippen LogP contribution in [0.4, 0.5) is 8.78 Å². The third-order valence-corrected chi connectivity index (χ3v) is 3.02. The van der Waals surface area contributed by atoms with E-state index in [1.54, 1.807) is 11.9 Å². The van der Waals surface area contributed by atoms with E-state index in [0.29, 0.717) is 6.54 Å². The predicted octanol–water partition coefficient (Wildman–Crippen LogP) is 3.03. The molecule has 1 atom stereocenters. The first-order chi connectivity index (χ1) is 9.45. The van der Waals surface area contributed by atoms with Crippen molar-refractivity contribution in [1.29, 1.82) is 0 Å². The highest BCUT2D eigenvalue weighted by atomic mass is 19.1. The van der Waals surface area contributed by atoms with Crippen LogP contribution in [-0.2, 0) is 6.54 Å².